The van der Waals surface area contributed by atoms with Crippen LogP contribution in [0.1, 0.15) is 6.42 Å². The Morgan fingerprint density at radius 2 is 2.21 bits per heavy atom. The predicted molar refractivity (Wildman–Crippen MR) is 79.6 cm³/mol. The third kappa shape index (κ3) is 4.02. The van der Waals surface area contributed by atoms with Gasteiger partial charge in [0.1, 0.15) is 4.60 Å². The van der Waals surface area contributed by atoms with Crippen molar-refractivity contribution in [2.75, 3.05) is 56.6 Å². The van der Waals surface area contributed by atoms with E-state index in [0.717, 1.165) is 48.8 Å². The number of likely N-dealkylation sites (N-methyl/N-ethyl adjacent to an activating group) is 1. The van der Waals surface area contributed by atoms with Crippen molar-refractivity contribution >= 4 is 27.6 Å². The van der Waals surface area contributed by atoms with Crippen LogP contribution in [-0.2, 0) is 0 Å². The lowest BCUT2D eigenvalue weighted by molar-refractivity contribution is 0.311. The summed E-state index contributed by atoms with van der Waals surface area (Å²) in [4.78, 5) is 13.5. The first-order valence-corrected chi connectivity index (χ1v) is 7.31. The molecule has 1 saturated heterocycles. The molecule has 0 amide bonds. The maximum atomic E-state index is 8.92. The van der Waals surface area contributed by atoms with Gasteiger partial charge in [-0.15, -0.1) is 0 Å². The summed E-state index contributed by atoms with van der Waals surface area (Å²) in [7, 11) is 2.14. The van der Waals surface area contributed by atoms with Gasteiger partial charge in [-0.2, -0.15) is 0 Å². The number of anilines is 2. The number of aliphatic hydroxyl groups is 1. The fraction of sp³-hybridized carbons (Fsp3) is 0.667. The van der Waals surface area contributed by atoms with Crippen molar-refractivity contribution in [3.63, 3.8) is 0 Å². The quantitative estimate of drug-likeness (QED) is 0.851. The molecule has 0 aromatic carbocycles. The van der Waals surface area contributed by atoms with Crippen LogP contribution in [0, 0.1) is 0 Å². The van der Waals surface area contributed by atoms with Gasteiger partial charge in [-0.3, -0.25) is 0 Å². The third-order valence-corrected chi connectivity index (χ3v) is 3.53. The Bertz CT molecular complexity index is 417. The molecule has 0 saturated carbocycles. The van der Waals surface area contributed by atoms with Gasteiger partial charge < -0.3 is 20.2 Å². The van der Waals surface area contributed by atoms with E-state index >= 15 is 0 Å². The summed E-state index contributed by atoms with van der Waals surface area (Å²) in [5.74, 6) is 1.60. The van der Waals surface area contributed by atoms with Crippen molar-refractivity contribution in [2.24, 2.45) is 0 Å². The average molecular weight is 330 g/mol. The highest BCUT2D eigenvalue weighted by molar-refractivity contribution is 9.10. The van der Waals surface area contributed by atoms with Gasteiger partial charge in [0.25, 0.3) is 0 Å². The Morgan fingerprint density at radius 3 is 3.00 bits per heavy atom. The average Bonchev–Trinajstić information content (AvgIpc) is 2.62. The Kier molecular flexibility index (Phi) is 5.35. The van der Waals surface area contributed by atoms with E-state index in [2.05, 4.69) is 48.1 Å². The largest absolute Gasteiger partial charge is 0.395 e. The number of aromatic nitrogens is 2. The Balaban J connectivity index is 2.18. The lowest BCUT2D eigenvalue weighted by atomic mass is 10.3. The fourth-order valence-electron chi connectivity index (χ4n) is 2.14. The van der Waals surface area contributed by atoms with Gasteiger partial charge in [0, 0.05) is 26.2 Å². The molecule has 7 heteroatoms. The summed E-state index contributed by atoms with van der Waals surface area (Å²) in [6.45, 7) is 4.61. The molecule has 1 aromatic heterocycles. The first kappa shape index (κ1) is 14.5. The molecule has 19 heavy (non-hydrogen) atoms. The number of halogens is 1. The van der Waals surface area contributed by atoms with E-state index in [9.17, 15) is 0 Å². The maximum absolute atomic E-state index is 8.92. The molecule has 1 fully saturated rings. The van der Waals surface area contributed by atoms with Gasteiger partial charge in [0.2, 0.25) is 0 Å². The summed E-state index contributed by atoms with van der Waals surface area (Å²) < 4.78 is 0.731. The van der Waals surface area contributed by atoms with Gasteiger partial charge in [-0.25, -0.2) is 9.97 Å². The van der Waals surface area contributed by atoms with Crippen LogP contribution in [0.4, 0.5) is 11.6 Å². The van der Waals surface area contributed by atoms with Gasteiger partial charge in [0.05, 0.1) is 12.8 Å². The van der Waals surface area contributed by atoms with E-state index in [1.165, 1.54) is 0 Å². The Morgan fingerprint density at radius 1 is 1.37 bits per heavy atom. The monoisotopic (exact) mass is 329 g/mol. The van der Waals surface area contributed by atoms with E-state index < -0.39 is 0 Å². The van der Waals surface area contributed by atoms with Crippen molar-refractivity contribution in [2.45, 2.75) is 6.42 Å². The fourth-order valence-corrected chi connectivity index (χ4v) is 2.41. The molecule has 0 unspecified atom stereocenters. The molecule has 0 radical (unpaired) electrons. The zero-order chi connectivity index (χ0) is 13.7. The molecule has 1 aliphatic rings. The molecule has 2 heterocycles. The smallest absolute Gasteiger partial charge is 0.172 e. The van der Waals surface area contributed by atoms with Crippen molar-refractivity contribution in [3.8, 4) is 0 Å². The first-order valence-electron chi connectivity index (χ1n) is 6.51. The van der Waals surface area contributed by atoms with Gasteiger partial charge in [-0.1, -0.05) is 0 Å². The molecule has 2 rings (SSSR count). The van der Waals surface area contributed by atoms with Crippen LogP contribution in [0.2, 0.25) is 0 Å². The van der Waals surface area contributed by atoms with Crippen molar-refractivity contribution in [3.05, 3.63) is 10.8 Å². The van der Waals surface area contributed by atoms with Crippen molar-refractivity contribution in [1.82, 2.24) is 14.9 Å². The molecular weight excluding hydrogens is 310 g/mol. The number of rotatable bonds is 4. The van der Waals surface area contributed by atoms with Crippen LogP contribution in [0.25, 0.3) is 0 Å². The summed E-state index contributed by atoms with van der Waals surface area (Å²) >= 11 is 3.37. The van der Waals surface area contributed by atoms with E-state index in [0.29, 0.717) is 6.54 Å². The zero-order valence-corrected chi connectivity index (χ0v) is 12.7. The SMILES string of the molecule is CN1CCCN(c2nc(Br)cnc2NCCO)CC1. The van der Waals surface area contributed by atoms with Gasteiger partial charge in [-0.05, 0) is 35.9 Å². The van der Waals surface area contributed by atoms with E-state index in [1.807, 2.05) is 0 Å². The summed E-state index contributed by atoms with van der Waals surface area (Å²) in [5, 5.41) is 12.0. The van der Waals surface area contributed by atoms with Crippen LogP contribution in [0.5, 0.6) is 0 Å². The van der Waals surface area contributed by atoms with Crippen LogP contribution in [-0.4, -0.2) is 66.4 Å². The molecule has 106 valence electrons. The number of hydrogen-bond donors (Lipinski definition) is 2. The zero-order valence-electron chi connectivity index (χ0n) is 11.1. The number of nitrogens with one attached hydrogen (secondary N) is 1. The summed E-state index contributed by atoms with van der Waals surface area (Å²) in [6, 6.07) is 0. The van der Waals surface area contributed by atoms with Crippen LogP contribution < -0.4 is 10.2 Å². The summed E-state index contributed by atoms with van der Waals surface area (Å²) in [5.41, 5.74) is 0. The summed E-state index contributed by atoms with van der Waals surface area (Å²) in [6.07, 6.45) is 2.79. The van der Waals surface area contributed by atoms with Gasteiger partial charge >= 0.3 is 0 Å². The molecule has 6 nitrogen and oxygen atoms in total. The highest BCUT2D eigenvalue weighted by Gasteiger charge is 2.18. The lowest BCUT2D eigenvalue weighted by Gasteiger charge is -2.23. The molecule has 0 bridgehead atoms. The second-order valence-corrected chi connectivity index (χ2v) is 5.47. The molecule has 1 aliphatic heterocycles. The topological polar surface area (TPSA) is 64.5 Å². The normalized spacial score (nSPS) is 17.3. The van der Waals surface area contributed by atoms with Gasteiger partial charge in [0.15, 0.2) is 11.6 Å². The van der Waals surface area contributed by atoms with E-state index in [1.54, 1.807) is 6.20 Å². The van der Waals surface area contributed by atoms with Crippen molar-refractivity contribution < 1.29 is 5.11 Å². The number of aliphatic hydroxyl groups excluding tert-OH is 1. The van der Waals surface area contributed by atoms with Crippen LogP contribution in [0.3, 0.4) is 0 Å². The molecule has 1 aromatic rings. The molecule has 0 spiro atoms. The highest BCUT2D eigenvalue weighted by atomic mass is 79.9. The minimum Gasteiger partial charge on any atom is -0.395 e. The predicted octanol–water partition coefficient (Wildman–Crippen LogP) is 0.785. The van der Waals surface area contributed by atoms with Crippen molar-refractivity contribution in [1.29, 1.82) is 0 Å². The third-order valence-electron chi connectivity index (χ3n) is 3.15. The van der Waals surface area contributed by atoms with Crippen LogP contribution in [0.15, 0.2) is 10.8 Å². The van der Waals surface area contributed by atoms with Crippen LogP contribution >= 0.6 is 15.9 Å². The first-order chi connectivity index (χ1) is 9.20. The molecule has 2 N–H and O–H groups in total. The minimum absolute atomic E-state index is 0.0833. The minimum atomic E-state index is 0.0833. The van der Waals surface area contributed by atoms with E-state index in [-0.39, 0.29) is 6.61 Å². The Labute approximate surface area is 122 Å². The number of nitrogens with zero attached hydrogens (tertiary/aromatic N) is 4. The molecular formula is C12H20BrN5O. The highest BCUT2D eigenvalue weighted by Crippen LogP contribution is 2.24. The molecule has 0 atom stereocenters. The maximum Gasteiger partial charge on any atom is 0.172 e. The van der Waals surface area contributed by atoms with E-state index in [4.69, 9.17) is 5.11 Å². The second kappa shape index (κ2) is 7.02. The Hall–Kier alpha value is -0.920. The molecule has 0 aliphatic carbocycles. The lowest BCUT2D eigenvalue weighted by Crippen LogP contribution is -2.30. The standard InChI is InChI=1S/C12H20BrN5O/c1-17-4-2-5-18(7-6-17)12-11(14-3-8-19)15-9-10(13)16-12/h9,19H,2-8H2,1H3,(H,14,15). The number of hydrogen-bond acceptors (Lipinski definition) is 6. The second-order valence-electron chi connectivity index (χ2n) is 4.66.